The topological polar surface area (TPSA) is 107 Å². The second kappa shape index (κ2) is 7.85. The largest absolute Gasteiger partial charge is 0.460 e. The van der Waals surface area contributed by atoms with E-state index in [2.05, 4.69) is 31.8 Å². The molecule has 1 unspecified atom stereocenters. The van der Waals surface area contributed by atoms with Crippen molar-refractivity contribution in [2.45, 2.75) is 51.7 Å². The number of hydrogen-bond acceptors (Lipinski definition) is 7. The zero-order valence-electron chi connectivity index (χ0n) is 18.7. The number of rotatable bonds is 4. The number of benzene rings is 1. The molecular weight excluding hydrogens is 418 g/mol. The minimum Gasteiger partial charge on any atom is -0.460 e. The van der Waals surface area contributed by atoms with Gasteiger partial charge in [0.15, 0.2) is 0 Å². The molecule has 3 aromatic heterocycles. The van der Waals surface area contributed by atoms with Crippen molar-refractivity contribution in [3.8, 4) is 28.9 Å². The van der Waals surface area contributed by atoms with Crippen molar-refractivity contribution in [1.82, 2.24) is 19.7 Å². The third-order valence-corrected chi connectivity index (χ3v) is 5.70. The molecule has 0 saturated carbocycles. The van der Waals surface area contributed by atoms with Crippen LogP contribution in [-0.4, -0.2) is 31.3 Å². The van der Waals surface area contributed by atoms with Gasteiger partial charge < -0.3 is 13.8 Å². The van der Waals surface area contributed by atoms with E-state index in [1.807, 2.05) is 39.0 Å². The van der Waals surface area contributed by atoms with Gasteiger partial charge in [-0.15, -0.1) is 0 Å². The monoisotopic (exact) mass is 441 g/mol. The van der Waals surface area contributed by atoms with Crippen LogP contribution in [0, 0.1) is 11.3 Å². The predicted octanol–water partition coefficient (Wildman–Crippen LogP) is 4.84. The number of hydrogen-bond donors (Lipinski definition) is 0. The minimum absolute atomic E-state index is 0.149. The van der Waals surface area contributed by atoms with Gasteiger partial charge in [-0.3, -0.25) is 4.79 Å². The maximum Gasteiger partial charge on any atom is 0.306 e. The number of fused-ring (bicyclic) bond motifs is 3. The number of aromatic nitrogens is 4. The minimum atomic E-state index is -0.478. The Balaban J connectivity index is 1.40. The molecule has 0 fully saturated rings. The fourth-order valence-electron chi connectivity index (χ4n) is 4.29. The molecule has 1 aliphatic rings. The normalized spacial score (nSPS) is 15.4. The molecule has 1 aliphatic heterocycles. The number of pyridine rings is 1. The highest BCUT2D eigenvalue weighted by molar-refractivity contribution is 5.86. The van der Waals surface area contributed by atoms with Crippen molar-refractivity contribution in [2.24, 2.45) is 0 Å². The zero-order valence-corrected chi connectivity index (χ0v) is 18.7. The van der Waals surface area contributed by atoms with Crippen LogP contribution in [0.25, 0.3) is 33.7 Å². The Morgan fingerprint density at radius 2 is 2.06 bits per heavy atom. The molecule has 8 heteroatoms. The van der Waals surface area contributed by atoms with Crippen LogP contribution in [0.5, 0.6) is 0 Å². The lowest BCUT2D eigenvalue weighted by Crippen LogP contribution is -2.24. The first-order valence-electron chi connectivity index (χ1n) is 10.9. The van der Waals surface area contributed by atoms with Gasteiger partial charge in [0.1, 0.15) is 17.4 Å². The summed E-state index contributed by atoms with van der Waals surface area (Å²) in [4.78, 5) is 20.9. The number of nitrogens with zero attached hydrogens (tertiary/aromatic N) is 5. The molecule has 4 aromatic rings. The molecule has 8 nitrogen and oxygen atoms in total. The standard InChI is InChI=1S/C25H23N5O3/c1-25(2,3)32-22(31)12-15-8-9-30-20-7-5-16(10-18(20)11-21(15)30)23-28-24(33-29-23)17-4-6-19(13-26)27-14-17/h4-7,10-11,14-15H,8-9,12H2,1-3H3. The van der Waals surface area contributed by atoms with E-state index in [0.29, 0.717) is 29.4 Å². The predicted molar refractivity (Wildman–Crippen MR) is 121 cm³/mol. The molecule has 4 heterocycles. The van der Waals surface area contributed by atoms with Crippen molar-refractivity contribution < 1.29 is 14.1 Å². The van der Waals surface area contributed by atoms with E-state index in [4.69, 9.17) is 14.5 Å². The zero-order chi connectivity index (χ0) is 23.2. The maximum atomic E-state index is 12.4. The van der Waals surface area contributed by atoms with E-state index in [0.717, 1.165) is 35.1 Å². The van der Waals surface area contributed by atoms with Crippen LogP contribution in [0.15, 0.2) is 47.1 Å². The van der Waals surface area contributed by atoms with E-state index in [-0.39, 0.29) is 11.9 Å². The van der Waals surface area contributed by atoms with Gasteiger partial charge in [0.2, 0.25) is 5.82 Å². The van der Waals surface area contributed by atoms with Gasteiger partial charge in [0.25, 0.3) is 5.89 Å². The molecule has 0 spiro atoms. The van der Waals surface area contributed by atoms with Crippen LogP contribution >= 0.6 is 0 Å². The van der Waals surface area contributed by atoms with Gasteiger partial charge in [0.05, 0.1) is 12.0 Å². The number of aryl methyl sites for hydroxylation is 1. The maximum absolute atomic E-state index is 12.4. The molecule has 5 rings (SSSR count). The van der Waals surface area contributed by atoms with Crippen LogP contribution in [0.2, 0.25) is 0 Å². The lowest BCUT2D eigenvalue weighted by atomic mass is 10.00. The summed E-state index contributed by atoms with van der Waals surface area (Å²) in [6.07, 6.45) is 2.86. The molecular formula is C25H23N5O3. The van der Waals surface area contributed by atoms with Crippen LogP contribution in [0.1, 0.15) is 50.9 Å². The number of carbonyl (C=O) groups excluding carboxylic acids is 1. The molecule has 0 saturated heterocycles. The summed E-state index contributed by atoms with van der Waals surface area (Å²) in [6.45, 7) is 6.54. The Morgan fingerprint density at radius 3 is 2.79 bits per heavy atom. The van der Waals surface area contributed by atoms with Crippen molar-refractivity contribution in [3.05, 3.63) is 54.0 Å². The van der Waals surface area contributed by atoms with Crippen molar-refractivity contribution in [2.75, 3.05) is 0 Å². The molecule has 0 bridgehead atoms. The van der Waals surface area contributed by atoms with E-state index in [1.165, 1.54) is 0 Å². The summed E-state index contributed by atoms with van der Waals surface area (Å²) >= 11 is 0. The van der Waals surface area contributed by atoms with E-state index in [1.54, 1.807) is 18.3 Å². The van der Waals surface area contributed by atoms with E-state index < -0.39 is 5.60 Å². The quantitative estimate of drug-likeness (QED) is 0.417. The first-order valence-corrected chi connectivity index (χ1v) is 10.9. The first-order chi connectivity index (χ1) is 15.8. The van der Waals surface area contributed by atoms with Crippen LogP contribution in [0.4, 0.5) is 0 Å². The van der Waals surface area contributed by atoms with Crippen molar-refractivity contribution in [1.29, 1.82) is 5.26 Å². The van der Waals surface area contributed by atoms with Gasteiger partial charge in [-0.2, -0.15) is 10.2 Å². The molecule has 166 valence electrons. The SMILES string of the molecule is CC(C)(C)OC(=O)CC1CCn2c1cc1cc(-c3noc(-c4ccc(C#N)nc4)n3)ccc12. The Morgan fingerprint density at radius 1 is 1.24 bits per heavy atom. The molecule has 1 atom stereocenters. The van der Waals surface area contributed by atoms with Crippen LogP contribution in [-0.2, 0) is 16.1 Å². The van der Waals surface area contributed by atoms with Gasteiger partial charge in [-0.25, -0.2) is 4.98 Å². The Bertz CT molecular complexity index is 1390. The Kier molecular flexibility index (Phi) is 4.97. The average molecular weight is 441 g/mol. The fourth-order valence-corrected chi connectivity index (χ4v) is 4.29. The summed E-state index contributed by atoms with van der Waals surface area (Å²) in [7, 11) is 0. The third-order valence-electron chi connectivity index (χ3n) is 5.70. The van der Waals surface area contributed by atoms with Crippen molar-refractivity contribution >= 4 is 16.9 Å². The van der Waals surface area contributed by atoms with E-state index in [9.17, 15) is 4.79 Å². The second-order valence-corrected chi connectivity index (χ2v) is 9.24. The van der Waals surface area contributed by atoms with Gasteiger partial charge in [0, 0.05) is 40.8 Å². The number of esters is 1. The molecule has 33 heavy (non-hydrogen) atoms. The summed E-state index contributed by atoms with van der Waals surface area (Å²) in [6, 6.07) is 13.5. The van der Waals surface area contributed by atoms with Crippen molar-refractivity contribution in [3.63, 3.8) is 0 Å². The molecule has 0 radical (unpaired) electrons. The summed E-state index contributed by atoms with van der Waals surface area (Å²) in [5.74, 6) is 0.812. The summed E-state index contributed by atoms with van der Waals surface area (Å²) in [5, 5.41) is 14.1. The molecule has 1 aromatic carbocycles. The first kappa shape index (κ1) is 20.9. The Labute approximate surface area is 190 Å². The average Bonchev–Trinajstić information content (AvgIpc) is 3.48. The third kappa shape index (κ3) is 4.10. The second-order valence-electron chi connectivity index (χ2n) is 9.24. The highest BCUT2D eigenvalue weighted by Crippen LogP contribution is 2.38. The number of carbonyl (C=O) groups is 1. The summed E-state index contributed by atoms with van der Waals surface area (Å²) in [5.41, 5.74) is 3.63. The fraction of sp³-hybridized carbons (Fsp3) is 0.320. The number of ether oxygens (including phenoxy) is 1. The number of nitriles is 1. The van der Waals surface area contributed by atoms with Gasteiger partial charge in [-0.1, -0.05) is 5.16 Å². The molecule has 0 aliphatic carbocycles. The smallest absolute Gasteiger partial charge is 0.306 e. The molecule has 0 amide bonds. The Hall–Kier alpha value is -3.99. The summed E-state index contributed by atoms with van der Waals surface area (Å²) < 4.78 is 13.2. The lowest BCUT2D eigenvalue weighted by molar-refractivity contribution is -0.155. The lowest BCUT2D eigenvalue weighted by Gasteiger charge is -2.20. The molecule has 0 N–H and O–H groups in total. The van der Waals surface area contributed by atoms with E-state index >= 15 is 0 Å². The highest BCUT2D eigenvalue weighted by Gasteiger charge is 2.29. The highest BCUT2D eigenvalue weighted by atomic mass is 16.6. The van der Waals surface area contributed by atoms with Crippen LogP contribution < -0.4 is 0 Å². The van der Waals surface area contributed by atoms with Crippen LogP contribution in [0.3, 0.4) is 0 Å². The van der Waals surface area contributed by atoms with Gasteiger partial charge in [-0.05, 0) is 63.6 Å². The van der Waals surface area contributed by atoms with Gasteiger partial charge >= 0.3 is 5.97 Å².